The highest BCUT2D eigenvalue weighted by Gasteiger charge is 2.38. The van der Waals surface area contributed by atoms with E-state index in [0.717, 1.165) is 29.4 Å². The molecule has 156 valence electrons. The number of allylic oxidation sites excluding steroid dienone is 1. The molecule has 2 heterocycles. The topological polar surface area (TPSA) is 74.2 Å². The molecule has 29 heavy (non-hydrogen) atoms. The van der Waals surface area contributed by atoms with Gasteiger partial charge in [0.1, 0.15) is 0 Å². The van der Waals surface area contributed by atoms with Gasteiger partial charge in [-0.2, -0.15) is 0 Å². The van der Waals surface area contributed by atoms with Gasteiger partial charge in [-0.15, -0.1) is 0 Å². The van der Waals surface area contributed by atoms with E-state index >= 15 is 0 Å². The van der Waals surface area contributed by atoms with Gasteiger partial charge in [0, 0.05) is 32.1 Å². The van der Waals surface area contributed by atoms with E-state index in [1.807, 2.05) is 45.0 Å². The van der Waals surface area contributed by atoms with Crippen LogP contribution in [0.25, 0.3) is 0 Å². The van der Waals surface area contributed by atoms with E-state index in [2.05, 4.69) is 10.2 Å². The molecule has 3 rings (SSSR count). The molecule has 0 radical (unpaired) electrons. The van der Waals surface area contributed by atoms with E-state index in [1.165, 1.54) is 4.90 Å². The van der Waals surface area contributed by atoms with E-state index in [1.54, 1.807) is 25.9 Å². The van der Waals surface area contributed by atoms with Gasteiger partial charge in [0.2, 0.25) is 0 Å². The number of aliphatic imine (C=N–C) groups is 1. The Morgan fingerprint density at radius 3 is 2.79 bits per heavy atom. The van der Waals surface area contributed by atoms with Crippen molar-refractivity contribution < 1.29 is 14.3 Å². The molecule has 1 aromatic carbocycles. The third kappa shape index (κ3) is 4.75. The Hall–Kier alpha value is -2.48. The van der Waals surface area contributed by atoms with Gasteiger partial charge in [-0.05, 0) is 44.9 Å². The largest absolute Gasteiger partial charge is 0.459 e. The lowest BCUT2D eigenvalue weighted by molar-refractivity contribution is -0.143. The highest BCUT2D eigenvalue weighted by molar-refractivity contribution is 8.13. The molecule has 0 spiro atoms. The van der Waals surface area contributed by atoms with E-state index in [9.17, 15) is 9.59 Å². The third-order valence-corrected chi connectivity index (χ3v) is 5.76. The Balaban J connectivity index is 2.02. The van der Waals surface area contributed by atoms with Crippen molar-refractivity contribution in [2.24, 2.45) is 4.99 Å². The van der Waals surface area contributed by atoms with Gasteiger partial charge in [0.15, 0.2) is 5.17 Å². The summed E-state index contributed by atoms with van der Waals surface area (Å²) in [6, 6.07) is 7.14. The normalized spacial score (nSPS) is 18.9. The maximum atomic E-state index is 13.0. The van der Waals surface area contributed by atoms with Crippen LogP contribution in [0.2, 0.25) is 0 Å². The van der Waals surface area contributed by atoms with Crippen molar-refractivity contribution in [3.05, 3.63) is 41.1 Å². The van der Waals surface area contributed by atoms with Gasteiger partial charge in [-0.25, -0.2) is 14.6 Å². The highest BCUT2D eigenvalue weighted by Crippen LogP contribution is 2.40. The second-order valence-electron chi connectivity index (χ2n) is 7.60. The number of ether oxygens (including phenoxy) is 1. The summed E-state index contributed by atoms with van der Waals surface area (Å²) in [5.74, 6) is 0.670. The summed E-state index contributed by atoms with van der Waals surface area (Å²) in [4.78, 5) is 33.4. The number of nitrogens with zero attached hydrogens (tertiary/aromatic N) is 3. The van der Waals surface area contributed by atoms with Gasteiger partial charge >= 0.3 is 12.0 Å². The molecule has 2 amide bonds. The predicted octanol–water partition coefficient (Wildman–Crippen LogP) is 3.86. The van der Waals surface area contributed by atoms with E-state index in [4.69, 9.17) is 9.73 Å². The molecule has 1 aromatic rings. The zero-order valence-electron chi connectivity index (χ0n) is 17.6. The molecule has 0 bridgehead atoms. The standard InChI is InChI=1S/C21H28N4O3S/c1-13(2)28-19(26)17-14(3)22-21-25(10-7-11-29-21)18(17)15-8-6-9-16(12-15)23-20(27)24(4)5/h6,8-9,12-13,18H,7,10-11H2,1-5H3,(H,23,27)/t18-/m1/s1. The number of benzene rings is 1. The van der Waals surface area contributed by atoms with Gasteiger partial charge in [-0.1, -0.05) is 23.9 Å². The smallest absolute Gasteiger partial charge is 0.338 e. The number of amides is 2. The number of rotatable bonds is 4. The third-order valence-electron chi connectivity index (χ3n) is 4.68. The molecule has 0 aromatic heterocycles. The fraction of sp³-hybridized carbons (Fsp3) is 0.476. The molecular formula is C21H28N4O3S. The molecule has 0 aliphatic carbocycles. The lowest BCUT2D eigenvalue weighted by Crippen LogP contribution is -2.42. The first-order valence-corrected chi connectivity index (χ1v) is 10.7. The Kier molecular flexibility index (Phi) is 6.52. The lowest BCUT2D eigenvalue weighted by Gasteiger charge is -2.40. The van der Waals surface area contributed by atoms with E-state index in [-0.39, 0.29) is 24.1 Å². The number of carbonyl (C=O) groups is 2. The fourth-order valence-electron chi connectivity index (χ4n) is 3.38. The van der Waals surface area contributed by atoms with Crippen LogP contribution < -0.4 is 5.32 Å². The quantitative estimate of drug-likeness (QED) is 0.755. The van der Waals surface area contributed by atoms with Crippen molar-refractivity contribution in [3.8, 4) is 0 Å². The Morgan fingerprint density at radius 1 is 1.34 bits per heavy atom. The Morgan fingerprint density at radius 2 is 2.10 bits per heavy atom. The minimum absolute atomic E-state index is 0.201. The fourth-order valence-corrected chi connectivity index (χ4v) is 4.40. The summed E-state index contributed by atoms with van der Waals surface area (Å²) >= 11 is 1.71. The number of thioether (sulfide) groups is 1. The van der Waals surface area contributed by atoms with Gasteiger partial charge < -0.3 is 19.9 Å². The van der Waals surface area contributed by atoms with Crippen LogP contribution in [0.3, 0.4) is 0 Å². The second-order valence-corrected chi connectivity index (χ2v) is 8.66. The average molecular weight is 417 g/mol. The minimum Gasteiger partial charge on any atom is -0.459 e. The van der Waals surface area contributed by atoms with Gasteiger partial charge in [0.05, 0.1) is 23.4 Å². The molecule has 0 unspecified atom stereocenters. The molecule has 2 aliphatic heterocycles. The first-order valence-electron chi connectivity index (χ1n) is 9.76. The zero-order valence-corrected chi connectivity index (χ0v) is 18.4. The SMILES string of the molecule is CC1=C(C(=O)OC(C)C)[C@@H](c2cccc(NC(=O)N(C)C)c2)N2CCCSC2=N1. The first-order chi connectivity index (χ1) is 13.8. The number of esters is 1. The van der Waals surface area contributed by atoms with Crippen LogP contribution in [-0.4, -0.2) is 59.5 Å². The Bertz CT molecular complexity index is 863. The lowest BCUT2D eigenvalue weighted by atomic mass is 9.94. The summed E-state index contributed by atoms with van der Waals surface area (Å²) in [7, 11) is 3.39. The number of carbonyl (C=O) groups excluding carboxylic acids is 2. The minimum atomic E-state index is -0.344. The number of urea groups is 1. The van der Waals surface area contributed by atoms with Crippen LogP contribution in [0.15, 0.2) is 40.5 Å². The van der Waals surface area contributed by atoms with Crippen LogP contribution in [0.4, 0.5) is 10.5 Å². The summed E-state index contributed by atoms with van der Waals surface area (Å²) < 4.78 is 5.54. The molecule has 1 N–H and O–H groups in total. The molecule has 1 fully saturated rings. The highest BCUT2D eigenvalue weighted by atomic mass is 32.2. The first kappa shape index (κ1) is 21.2. The number of anilines is 1. The molecule has 1 atom stereocenters. The van der Waals surface area contributed by atoms with Crippen LogP contribution in [0, 0.1) is 0 Å². The maximum absolute atomic E-state index is 13.0. The van der Waals surface area contributed by atoms with Crippen molar-refractivity contribution in [1.82, 2.24) is 9.80 Å². The van der Waals surface area contributed by atoms with Gasteiger partial charge in [-0.3, -0.25) is 0 Å². The molecular weight excluding hydrogens is 388 g/mol. The Labute approximate surface area is 176 Å². The summed E-state index contributed by atoms with van der Waals surface area (Å²) in [5.41, 5.74) is 2.85. The van der Waals surface area contributed by atoms with Crippen molar-refractivity contribution >= 4 is 34.6 Å². The molecule has 8 heteroatoms. The van der Waals surface area contributed by atoms with Gasteiger partial charge in [0.25, 0.3) is 0 Å². The van der Waals surface area contributed by atoms with Crippen molar-refractivity contribution in [1.29, 1.82) is 0 Å². The summed E-state index contributed by atoms with van der Waals surface area (Å²) in [6.07, 6.45) is 0.804. The zero-order chi connectivity index (χ0) is 21.1. The maximum Gasteiger partial charge on any atom is 0.338 e. The number of amidine groups is 1. The number of hydrogen-bond acceptors (Lipinski definition) is 6. The van der Waals surface area contributed by atoms with Crippen molar-refractivity contribution in [3.63, 3.8) is 0 Å². The number of fused-ring (bicyclic) bond motifs is 1. The van der Waals surface area contributed by atoms with Crippen molar-refractivity contribution in [2.45, 2.75) is 39.3 Å². The molecule has 0 saturated carbocycles. The number of nitrogens with one attached hydrogen (secondary N) is 1. The summed E-state index contributed by atoms with van der Waals surface area (Å²) in [6.45, 7) is 6.36. The molecule has 2 aliphatic rings. The molecule has 1 saturated heterocycles. The van der Waals surface area contributed by atoms with Crippen LogP contribution in [0.5, 0.6) is 0 Å². The van der Waals surface area contributed by atoms with Crippen molar-refractivity contribution in [2.75, 3.05) is 31.7 Å². The van der Waals surface area contributed by atoms with Crippen LogP contribution in [0.1, 0.15) is 38.8 Å². The summed E-state index contributed by atoms with van der Waals surface area (Å²) in [5, 5.41) is 3.81. The number of hydrogen-bond donors (Lipinski definition) is 1. The monoisotopic (exact) mass is 416 g/mol. The van der Waals surface area contributed by atoms with Crippen LogP contribution in [-0.2, 0) is 9.53 Å². The van der Waals surface area contributed by atoms with E-state index in [0.29, 0.717) is 17.0 Å². The van der Waals surface area contributed by atoms with E-state index < -0.39 is 0 Å². The van der Waals surface area contributed by atoms with Crippen LogP contribution >= 0.6 is 11.8 Å². The molecule has 7 nitrogen and oxygen atoms in total. The predicted molar refractivity (Wildman–Crippen MR) is 117 cm³/mol. The average Bonchev–Trinajstić information content (AvgIpc) is 2.66. The second kappa shape index (κ2) is 8.90.